The van der Waals surface area contributed by atoms with Gasteiger partial charge < -0.3 is 14.3 Å². The van der Waals surface area contributed by atoms with E-state index in [0.717, 1.165) is 5.56 Å². The summed E-state index contributed by atoms with van der Waals surface area (Å²) in [5, 5.41) is 10.1. The molecule has 0 bridgehead atoms. The van der Waals surface area contributed by atoms with E-state index in [9.17, 15) is 19.5 Å². The van der Waals surface area contributed by atoms with Gasteiger partial charge in [0.1, 0.15) is 0 Å². The zero-order chi connectivity index (χ0) is 21.3. The molecule has 0 aliphatic heterocycles. The number of pyridine rings is 1. The number of hydrogen-bond acceptors (Lipinski definition) is 6. The minimum absolute atomic E-state index is 0.113. The first-order valence-corrected chi connectivity index (χ1v) is 9.11. The van der Waals surface area contributed by atoms with Crippen molar-refractivity contribution in [1.82, 2.24) is 9.55 Å². The number of carboxylic acids is 1. The van der Waals surface area contributed by atoms with E-state index in [1.165, 1.54) is 26.3 Å². The van der Waals surface area contributed by atoms with Gasteiger partial charge in [-0.2, -0.15) is 0 Å². The van der Waals surface area contributed by atoms with Crippen LogP contribution in [0.2, 0.25) is 0 Å². The first kappa shape index (κ1) is 20.3. The van der Waals surface area contributed by atoms with E-state index in [-0.39, 0.29) is 22.8 Å². The lowest BCUT2D eigenvalue weighted by Gasteiger charge is -2.36. The zero-order valence-corrected chi connectivity index (χ0v) is 16.6. The second kappa shape index (κ2) is 7.54. The SMILES string of the molecule is COc1ccnc2c(=O)n(C(C)(C(=O)O)C(C)C(C)c3ccccc3)c(=O)oc12. The average Bonchev–Trinajstić information content (AvgIpc) is 2.72. The van der Waals surface area contributed by atoms with Gasteiger partial charge >= 0.3 is 11.7 Å². The fourth-order valence-corrected chi connectivity index (χ4v) is 3.59. The average molecular weight is 398 g/mol. The lowest BCUT2D eigenvalue weighted by atomic mass is 9.75. The number of fused-ring (bicyclic) bond motifs is 1. The Hall–Kier alpha value is -3.42. The zero-order valence-electron chi connectivity index (χ0n) is 16.6. The molecule has 8 nitrogen and oxygen atoms in total. The normalized spacial score (nSPS) is 15.4. The second-order valence-electron chi connectivity index (χ2n) is 7.14. The maximum absolute atomic E-state index is 13.2. The monoisotopic (exact) mass is 398 g/mol. The molecule has 3 unspecified atom stereocenters. The molecular formula is C21H22N2O6. The number of aliphatic carboxylic acids is 1. The Morgan fingerprint density at radius 2 is 1.86 bits per heavy atom. The quantitative estimate of drug-likeness (QED) is 0.679. The lowest BCUT2D eigenvalue weighted by molar-refractivity contribution is -0.150. The van der Waals surface area contributed by atoms with Gasteiger partial charge in [-0.1, -0.05) is 44.2 Å². The Kier molecular flexibility index (Phi) is 5.28. The lowest BCUT2D eigenvalue weighted by Crippen LogP contribution is -2.56. The fraction of sp³-hybridized carbons (Fsp3) is 0.333. The summed E-state index contributed by atoms with van der Waals surface area (Å²) in [6.45, 7) is 4.90. The Balaban J connectivity index is 2.27. The Labute approximate surface area is 166 Å². The van der Waals surface area contributed by atoms with Crippen LogP contribution < -0.4 is 16.1 Å². The van der Waals surface area contributed by atoms with Gasteiger partial charge in [-0.15, -0.1) is 0 Å². The highest BCUT2D eigenvalue weighted by molar-refractivity contribution is 5.79. The van der Waals surface area contributed by atoms with Crippen molar-refractivity contribution in [3.8, 4) is 5.75 Å². The maximum atomic E-state index is 13.2. The summed E-state index contributed by atoms with van der Waals surface area (Å²) in [4.78, 5) is 42.3. The Bertz CT molecular complexity index is 1170. The number of methoxy groups -OCH3 is 1. The van der Waals surface area contributed by atoms with Crippen molar-refractivity contribution in [2.45, 2.75) is 32.2 Å². The molecule has 3 aromatic rings. The molecule has 152 valence electrons. The van der Waals surface area contributed by atoms with Crippen molar-refractivity contribution >= 4 is 17.1 Å². The highest BCUT2D eigenvalue weighted by Crippen LogP contribution is 2.36. The van der Waals surface area contributed by atoms with Crippen LogP contribution in [0.1, 0.15) is 32.3 Å². The van der Waals surface area contributed by atoms with Crippen LogP contribution in [0.3, 0.4) is 0 Å². The number of carbonyl (C=O) groups is 1. The molecule has 0 fully saturated rings. The predicted molar refractivity (Wildman–Crippen MR) is 106 cm³/mol. The van der Waals surface area contributed by atoms with Crippen LogP contribution in [0.5, 0.6) is 5.75 Å². The molecule has 0 spiro atoms. The largest absolute Gasteiger partial charge is 0.493 e. The molecule has 3 atom stereocenters. The van der Waals surface area contributed by atoms with Gasteiger partial charge in [0.2, 0.25) is 5.58 Å². The topological polar surface area (TPSA) is 112 Å². The van der Waals surface area contributed by atoms with Gasteiger partial charge in [0, 0.05) is 12.3 Å². The molecule has 1 N–H and O–H groups in total. The minimum Gasteiger partial charge on any atom is -0.493 e. The highest BCUT2D eigenvalue weighted by atomic mass is 16.5. The van der Waals surface area contributed by atoms with Gasteiger partial charge in [-0.05, 0) is 24.3 Å². The number of rotatable bonds is 6. The molecule has 0 saturated carbocycles. The fourth-order valence-electron chi connectivity index (χ4n) is 3.59. The van der Waals surface area contributed by atoms with Crippen molar-refractivity contribution < 1.29 is 19.1 Å². The molecule has 0 aliphatic carbocycles. The van der Waals surface area contributed by atoms with E-state index in [4.69, 9.17) is 9.15 Å². The maximum Gasteiger partial charge on any atom is 0.423 e. The number of hydrogen-bond donors (Lipinski definition) is 1. The van der Waals surface area contributed by atoms with Crippen molar-refractivity contribution in [1.29, 1.82) is 0 Å². The molecule has 3 rings (SSSR count). The van der Waals surface area contributed by atoms with Crippen LogP contribution in [0.15, 0.2) is 56.6 Å². The number of nitrogens with zero attached hydrogens (tertiary/aromatic N) is 2. The standard InChI is InChI=1S/C21H22N2O6/c1-12(14-8-6-5-7-9-14)13(2)21(3,19(25)26)23-18(24)16-17(29-20(23)27)15(28-4)10-11-22-16/h5-13H,1-4H3,(H,25,26). The Morgan fingerprint density at radius 3 is 2.45 bits per heavy atom. The van der Waals surface area contributed by atoms with Crippen LogP contribution in [-0.2, 0) is 10.3 Å². The molecule has 29 heavy (non-hydrogen) atoms. The van der Waals surface area contributed by atoms with Crippen molar-refractivity contribution in [2.24, 2.45) is 5.92 Å². The van der Waals surface area contributed by atoms with Crippen LogP contribution >= 0.6 is 0 Å². The Morgan fingerprint density at radius 1 is 1.21 bits per heavy atom. The summed E-state index contributed by atoms with van der Waals surface area (Å²) >= 11 is 0. The van der Waals surface area contributed by atoms with E-state index < -0.39 is 28.7 Å². The van der Waals surface area contributed by atoms with Gasteiger partial charge in [0.05, 0.1) is 7.11 Å². The summed E-state index contributed by atoms with van der Waals surface area (Å²) < 4.78 is 11.0. The summed E-state index contributed by atoms with van der Waals surface area (Å²) in [5.74, 6) is -3.13. The third-order valence-electron chi connectivity index (χ3n) is 5.73. The molecular weight excluding hydrogens is 376 g/mol. The number of carboxylic acid groups (broad SMARTS) is 1. The van der Waals surface area contributed by atoms with Crippen molar-refractivity contribution in [3.05, 3.63) is 69.1 Å². The first-order valence-electron chi connectivity index (χ1n) is 9.11. The second-order valence-corrected chi connectivity index (χ2v) is 7.14. The van der Waals surface area contributed by atoms with E-state index >= 15 is 0 Å². The molecule has 0 aliphatic rings. The van der Waals surface area contributed by atoms with E-state index in [1.807, 2.05) is 37.3 Å². The minimum atomic E-state index is -1.87. The molecule has 1 aromatic carbocycles. The van der Waals surface area contributed by atoms with Crippen LogP contribution in [0.25, 0.3) is 11.1 Å². The van der Waals surface area contributed by atoms with Crippen LogP contribution in [0.4, 0.5) is 0 Å². The van der Waals surface area contributed by atoms with Gasteiger partial charge in [0.25, 0.3) is 5.56 Å². The first-order chi connectivity index (χ1) is 13.7. The van der Waals surface area contributed by atoms with Crippen LogP contribution in [-0.4, -0.2) is 27.7 Å². The summed E-state index contributed by atoms with van der Waals surface area (Å²) in [6, 6.07) is 10.8. The van der Waals surface area contributed by atoms with E-state index in [1.54, 1.807) is 6.92 Å². The number of ether oxygens (including phenoxy) is 1. The van der Waals surface area contributed by atoms with Crippen LogP contribution in [0, 0.1) is 5.92 Å². The van der Waals surface area contributed by atoms with Crippen molar-refractivity contribution in [3.63, 3.8) is 0 Å². The van der Waals surface area contributed by atoms with Crippen molar-refractivity contribution in [2.75, 3.05) is 7.11 Å². The third-order valence-corrected chi connectivity index (χ3v) is 5.73. The predicted octanol–water partition coefficient (Wildman–Crippen LogP) is 2.60. The van der Waals surface area contributed by atoms with E-state index in [2.05, 4.69) is 4.98 Å². The molecule has 8 heteroatoms. The molecule has 0 amide bonds. The number of aromatic nitrogens is 2. The molecule has 2 aromatic heterocycles. The molecule has 2 heterocycles. The number of benzene rings is 1. The van der Waals surface area contributed by atoms with Gasteiger partial charge in [-0.3, -0.25) is 4.79 Å². The molecule has 0 radical (unpaired) electrons. The molecule has 0 saturated heterocycles. The third kappa shape index (κ3) is 3.20. The smallest absolute Gasteiger partial charge is 0.423 e. The summed E-state index contributed by atoms with van der Waals surface area (Å²) in [6.07, 6.45) is 1.33. The van der Waals surface area contributed by atoms with Gasteiger partial charge in [-0.25, -0.2) is 19.1 Å². The highest BCUT2D eigenvalue weighted by Gasteiger charge is 2.46. The summed E-state index contributed by atoms with van der Waals surface area (Å²) in [7, 11) is 1.37. The summed E-state index contributed by atoms with van der Waals surface area (Å²) in [5.41, 5.74) is -2.10. The van der Waals surface area contributed by atoms with E-state index in [0.29, 0.717) is 4.57 Å². The van der Waals surface area contributed by atoms with Gasteiger partial charge in [0.15, 0.2) is 16.8 Å².